The molecule has 2 N–H and O–H groups in total. The minimum atomic E-state index is -3.11. The standard InChI is InChI=1S/C15H26N2O2S/c1-3-13-20(18,19)15-9-7-14(8-10-15)17(2)12-6-4-5-11-16/h7-10H,3-6,11-13,16H2,1-2H3. The predicted octanol–water partition coefficient (Wildman–Crippen LogP) is 2.44. The van der Waals surface area contributed by atoms with E-state index in [4.69, 9.17) is 5.73 Å². The maximum atomic E-state index is 11.9. The van der Waals surface area contributed by atoms with E-state index in [0.717, 1.165) is 38.0 Å². The third kappa shape index (κ3) is 5.13. The molecule has 114 valence electrons. The molecule has 0 heterocycles. The predicted molar refractivity (Wildman–Crippen MR) is 85.0 cm³/mol. The Balaban J connectivity index is 2.62. The molecule has 0 aliphatic rings. The zero-order valence-electron chi connectivity index (χ0n) is 12.5. The topological polar surface area (TPSA) is 63.4 Å². The number of rotatable bonds is 9. The van der Waals surface area contributed by atoms with Crippen molar-refractivity contribution >= 4 is 15.5 Å². The average Bonchev–Trinajstić information content (AvgIpc) is 2.43. The second-order valence-electron chi connectivity index (χ2n) is 5.08. The van der Waals surface area contributed by atoms with Crippen LogP contribution in [-0.4, -0.2) is 34.3 Å². The normalized spacial score (nSPS) is 11.6. The molecular formula is C15H26N2O2S. The van der Waals surface area contributed by atoms with Gasteiger partial charge in [0.15, 0.2) is 9.84 Å². The summed E-state index contributed by atoms with van der Waals surface area (Å²) in [5.41, 5.74) is 6.52. The van der Waals surface area contributed by atoms with E-state index in [1.165, 1.54) is 0 Å². The molecule has 4 nitrogen and oxygen atoms in total. The number of nitrogens with zero attached hydrogens (tertiary/aromatic N) is 1. The van der Waals surface area contributed by atoms with Gasteiger partial charge in [0.25, 0.3) is 0 Å². The van der Waals surface area contributed by atoms with Crippen LogP contribution in [0.2, 0.25) is 0 Å². The highest BCUT2D eigenvalue weighted by molar-refractivity contribution is 7.91. The number of unbranched alkanes of at least 4 members (excludes halogenated alkanes) is 2. The van der Waals surface area contributed by atoms with Gasteiger partial charge in [-0.05, 0) is 50.1 Å². The molecule has 0 aliphatic heterocycles. The third-order valence-electron chi connectivity index (χ3n) is 3.31. The second-order valence-corrected chi connectivity index (χ2v) is 7.19. The van der Waals surface area contributed by atoms with Crippen LogP contribution in [0.1, 0.15) is 32.6 Å². The van der Waals surface area contributed by atoms with Gasteiger partial charge in [-0.15, -0.1) is 0 Å². The van der Waals surface area contributed by atoms with Crippen LogP contribution < -0.4 is 10.6 Å². The first-order chi connectivity index (χ1) is 9.51. The van der Waals surface area contributed by atoms with E-state index in [-0.39, 0.29) is 5.75 Å². The Morgan fingerprint density at radius 1 is 1.10 bits per heavy atom. The van der Waals surface area contributed by atoms with Gasteiger partial charge in [-0.3, -0.25) is 0 Å². The van der Waals surface area contributed by atoms with Crippen LogP contribution in [0.3, 0.4) is 0 Å². The fraction of sp³-hybridized carbons (Fsp3) is 0.600. The number of anilines is 1. The molecule has 0 bridgehead atoms. The van der Waals surface area contributed by atoms with Crippen molar-refractivity contribution < 1.29 is 8.42 Å². The molecule has 0 atom stereocenters. The van der Waals surface area contributed by atoms with Crippen LogP contribution in [0.4, 0.5) is 5.69 Å². The molecule has 0 amide bonds. The van der Waals surface area contributed by atoms with Crippen molar-refractivity contribution in [3.05, 3.63) is 24.3 Å². The van der Waals surface area contributed by atoms with Crippen LogP contribution in [0.5, 0.6) is 0 Å². The summed E-state index contributed by atoms with van der Waals surface area (Å²) < 4.78 is 23.9. The van der Waals surface area contributed by atoms with Crippen molar-refractivity contribution in [3.8, 4) is 0 Å². The Morgan fingerprint density at radius 2 is 1.75 bits per heavy atom. The summed E-state index contributed by atoms with van der Waals surface area (Å²) in [4.78, 5) is 2.56. The number of hydrogen-bond acceptors (Lipinski definition) is 4. The van der Waals surface area contributed by atoms with Gasteiger partial charge >= 0.3 is 0 Å². The summed E-state index contributed by atoms with van der Waals surface area (Å²) in [6, 6.07) is 7.17. The maximum absolute atomic E-state index is 11.9. The van der Waals surface area contributed by atoms with Crippen molar-refractivity contribution in [1.29, 1.82) is 0 Å². The maximum Gasteiger partial charge on any atom is 0.178 e. The first-order valence-electron chi connectivity index (χ1n) is 7.25. The van der Waals surface area contributed by atoms with Crippen molar-refractivity contribution in [2.24, 2.45) is 5.73 Å². The van der Waals surface area contributed by atoms with E-state index in [9.17, 15) is 8.42 Å². The quantitative estimate of drug-likeness (QED) is 0.711. The summed E-state index contributed by atoms with van der Waals surface area (Å²) in [7, 11) is -1.08. The number of nitrogens with two attached hydrogens (primary N) is 1. The van der Waals surface area contributed by atoms with Gasteiger partial charge < -0.3 is 10.6 Å². The number of hydrogen-bond donors (Lipinski definition) is 1. The van der Waals surface area contributed by atoms with Crippen molar-refractivity contribution in [2.45, 2.75) is 37.5 Å². The van der Waals surface area contributed by atoms with Gasteiger partial charge in [-0.2, -0.15) is 0 Å². The van der Waals surface area contributed by atoms with Crippen LogP contribution in [-0.2, 0) is 9.84 Å². The fourth-order valence-electron chi connectivity index (χ4n) is 2.09. The minimum absolute atomic E-state index is 0.210. The molecule has 1 rings (SSSR count). The highest BCUT2D eigenvalue weighted by Crippen LogP contribution is 2.18. The molecule has 0 aromatic heterocycles. The Bertz CT molecular complexity index is 483. The molecule has 5 heteroatoms. The van der Waals surface area contributed by atoms with Gasteiger partial charge in [0.2, 0.25) is 0 Å². The third-order valence-corrected chi connectivity index (χ3v) is 5.24. The number of benzene rings is 1. The molecule has 0 spiro atoms. The van der Waals surface area contributed by atoms with E-state index >= 15 is 0 Å². The molecular weight excluding hydrogens is 272 g/mol. The Labute approximate surface area is 122 Å². The van der Waals surface area contributed by atoms with E-state index in [0.29, 0.717) is 11.3 Å². The SMILES string of the molecule is CCCS(=O)(=O)c1ccc(N(C)CCCCCN)cc1. The molecule has 0 saturated heterocycles. The first-order valence-corrected chi connectivity index (χ1v) is 8.90. The molecule has 0 unspecified atom stereocenters. The molecule has 20 heavy (non-hydrogen) atoms. The van der Waals surface area contributed by atoms with Gasteiger partial charge in [0.05, 0.1) is 10.6 Å². The first kappa shape index (κ1) is 17.0. The summed E-state index contributed by atoms with van der Waals surface area (Å²) in [5, 5.41) is 0. The van der Waals surface area contributed by atoms with Crippen LogP contribution in [0.15, 0.2) is 29.2 Å². The Kier molecular flexibility index (Phi) is 7.02. The number of sulfone groups is 1. The summed E-state index contributed by atoms with van der Waals surface area (Å²) in [5.74, 6) is 0.210. The van der Waals surface area contributed by atoms with Gasteiger partial charge in [0.1, 0.15) is 0 Å². The molecule has 0 saturated carbocycles. The lowest BCUT2D eigenvalue weighted by Crippen LogP contribution is -2.18. The van der Waals surface area contributed by atoms with Crippen molar-refractivity contribution in [1.82, 2.24) is 0 Å². The molecule has 0 aliphatic carbocycles. The van der Waals surface area contributed by atoms with Crippen molar-refractivity contribution in [2.75, 3.05) is 30.8 Å². The van der Waals surface area contributed by atoms with E-state index in [1.54, 1.807) is 12.1 Å². The molecule has 0 fully saturated rings. The Hall–Kier alpha value is -1.07. The summed E-state index contributed by atoms with van der Waals surface area (Å²) in [6.07, 6.45) is 3.93. The van der Waals surface area contributed by atoms with Gasteiger partial charge in [-0.1, -0.05) is 13.3 Å². The zero-order chi connectivity index (χ0) is 15.0. The fourth-order valence-corrected chi connectivity index (χ4v) is 3.42. The minimum Gasteiger partial charge on any atom is -0.375 e. The average molecular weight is 298 g/mol. The summed E-state index contributed by atoms with van der Waals surface area (Å²) >= 11 is 0. The van der Waals surface area contributed by atoms with Crippen LogP contribution in [0.25, 0.3) is 0 Å². The monoisotopic (exact) mass is 298 g/mol. The largest absolute Gasteiger partial charge is 0.375 e. The van der Waals surface area contributed by atoms with Crippen LogP contribution >= 0.6 is 0 Å². The van der Waals surface area contributed by atoms with Crippen LogP contribution in [0, 0.1) is 0 Å². The second kappa shape index (κ2) is 8.27. The van der Waals surface area contributed by atoms with Gasteiger partial charge in [-0.25, -0.2) is 8.42 Å². The lowest BCUT2D eigenvalue weighted by Gasteiger charge is -2.19. The molecule has 1 aromatic carbocycles. The lowest BCUT2D eigenvalue weighted by atomic mass is 10.2. The highest BCUT2D eigenvalue weighted by atomic mass is 32.2. The zero-order valence-corrected chi connectivity index (χ0v) is 13.3. The Morgan fingerprint density at radius 3 is 2.30 bits per heavy atom. The highest BCUT2D eigenvalue weighted by Gasteiger charge is 2.13. The lowest BCUT2D eigenvalue weighted by molar-refractivity contribution is 0.594. The molecule has 1 aromatic rings. The molecule has 0 radical (unpaired) electrons. The van der Waals surface area contributed by atoms with Gasteiger partial charge in [0, 0.05) is 19.3 Å². The van der Waals surface area contributed by atoms with E-state index in [1.807, 2.05) is 26.1 Å². The smallest absolute Gasteiger partial charge is 0.178 e. The van der Waals surface area contributed by atoms with Crippen molar-refractivity contribution in [3.63, 3.8) is 0 Å². The van der Waals surface area contributed by atoms with E-state index < -0.39 is 9.84 Å². The summed E-state index contributed by atoms with van der Waals surface area (Å²) in [6.45, 7) is 3.58. The van der Waals surface area contributed by atoms with E-state index in [2.05, 4.69) is 4.90 Å².